The zero-order valence-corrected chi connectivity index (χ0v) is 7.64. The summed E-state index contributed by atoms with van der Waals surface area (Å²) in [6.45, 7) is 3.83. The normalized spacial score (nSPS) is 17.7. The summed E-state index contributed by atoms with van der Waals surface area (Å²) >= 11 is 1.65. The molecular weight excluding hydrogens is 172 g/mol. The maximum Gasteiger partial charge on any atom is 0.0825 e. The van der Waals surface area contributed by atoms with Crippen molar-refractivity contribution in [2.24, 2.45) is 5.92 Å². The maximum absolute atomic E-state index is 5.51. The van der Waals surface area contributed by atoms with Gasteiger partial charge in [0.1, 0.15) is 0 Å². The molecule has 0 radical (unpaired) electrons. The van der Waals surface area contributed by atoms with Crippen molar-refractivity contribution in [2.45, 2.75) is 6.61 Å². The summed E-state index contributed by atoms with van der Waals surface area (Å²) in [5, 5.41) is 3.22. The third-order valence-electron chi connectivity index (χ3n) is 1.95. The van der Waals surface area contributed by atoms with Crippen molar-refractivity contribution >= 4 is 11.3 Å². The molecule has 1 aliphatic heterocycles. The van der Waals surface area contributed by atoms with Crippen LogP contribution in [0.3, 0.4) is 0 Å². The summed E-state index contributed by atoms with van der Waals surface area (Å²) in [6, 6.07) is 0. The van der Waals surface area contributed by atoms with Crippen LogP contribution in [-0.2, 0) is 11.3 Å². The van der Waals surface area contributed by atoms with E-state index in [9.17, 15) is 0 Å². The zero-order chi connectivity index (χ0) is 8.23. The molecule has 1 fully saturated rings. The fourth-order valence-electron chi connectivity index (χ4n) is 1.11. The summed E-state index contributed by atoms with van der Waals surface area (Å²) < 4.78 is 5.51. The molecule has 1 N–H and O–H groups in total. The summed E-state index contributed by atoms with van der Waals surface area (Å²) in [5.74, 6) is 0.734. The van der Waals surface area contributed by atoms with Crippen molar-refractivity contribution in [1.82, 2.24) is 10.3 Å². The molecule has 2 rings (SSSR count). The van der Waals surface area contributed by atoms with E-state index < -0.39 is 0 Å². The van der Waals surface area contributed by atoms with E-state index in [0.29, 0.717) is 0 Å². The van der Waals surface area contributed by atoms with E-state index in [1.165, 1.54) is 4.88 Å². The Kier molecular flexibility index (Phi) is 2.71. The minimum absolute atomic E-state index is 0.723. The molecule has 1 saturated heterocycles. The van der Waals surface area contributed by atoms with E-state index in [-0.39, 0.29) is 0 Å². The van der Waals surface area contributed by atoms with Crippen molar-refractivity contribution in [2.75, 3.05) is 19.7 Å². The molecule has 1 aromatic rings. The summed E-state index contributed by atoms with van der Waals surface area (Å²) in [7, 11) is 0. The van der Waals surface area contributed by atoms with Gasteiger partial charge in [0.25, 0.3) is 0 Å². The Labute approximate surface area is 75.8 Å². The second kappa shape index (κ2) is 3.98. The van der Waals surface area contributed by atoms with Gasteiger partial charge in [0.15, 0.2) is 0 Å². The molecule has 12 heavy (non-hydrogen) atoms. The van der Waals surface area contributed by atoms with Crippen LogP contribution in [0.1, 0.15) is 4.88 Å². The molecule has 0 aromatic carbocycles. The van der Waals surface area contributed by atoms with Crippen molar-refractivity contribution in [3.8, 4) is 0 Å². The standard InChI is InChI=1S/C8H12N2OS/c1-7(2-9-1)4-11-5-8-3-10-6-12-8/h3,6-7,9H,1-2,4-5H2. The van der Waals surface area contributed by atoms with Gasteiger partial charge in [0, 0.05) is 25.2 Å². The number of hydrogen-bond donors (Lipinski definition) is 1. The summed E-state index contributed by atoms with van der Waals surface area (Å²) in [6.07, 6.45) is 1.86. The van der Waals surface area contributed by atoms with Gasteiger partial charge in [-0.3, -0.25) is 4.98 Å². The van der Waals surface area contributed by atoms with E-state index in [0.717, 1.165) is 32.2 Å². The number of ether oxygens (including phenoxy) is 1. The Morgan fingerprint density at radius 3 is 3.17 bits per heavy atom. The first kappa shape index (κ1) is 8.16. The number of nitrogens with one attached hydrogen (secondary N) is 1. The minimum Gasteiger partial charge on any atom is -0.375 e. The maximum atomic E-state index is 5.51. The van der Waals surface area contributed by atoms with Gasteiger partial charge >= 0.3 is 0 Å². The molecular formula is C8H12N2OS. The monoisotopic (exact) mass is 184 g/mol. The van der Waals surface area contributed by atoms with Gasteiger partial charge in [-0.15, -0.1) is 11.3 Å². The van der Waals surface area contributed by atoms with E-state index in [4.69, 9.17) is 4.74 Å². The van der Waals surface area contributed by atoms with Crippen LogP contribution in [0.5, 0.6) is 0 Å². The van der Waals surface area contributed by atoms with Gasteiger partial charge in [-0.2, -0.15) is 0 Å². The van der Waals surface area contributed by atoms with Crippen LogP contribution < -0.4 is 5.32 Å². The first-order valence-corrected chi connectivity index (χ1v) is 4.99. The van der Waals surface area contributed by atoms with Crippen molar-refractivity contribution < 1.29 is 4.74 Å². The lowest BCUT2D eigenvalue weighted by molar-refractivity contribution is 0.0703. The first-order valence-electron chi connectivity index (χ1n) is 4.11. The Bertz CT molecular complexity index is 221. The highest BCUT2D eigenvalue weighted by atomic mass is 32.1. The fourth-order valence-corrected chi connectivity index (χ4v) is 1.64. The summed E-state index contributed by atoms with van der Waals surface area (Å²) in [5.41, 5.74) is 1.84. The van der Waals surface area contributed by atoms with Gasteiger partial charge in [0.05, 0.1) is 23.6 Å². The van der Waals surface area contributed by atoms with Crippen molar-refractivity contribution in [3.05, 3.63) is 16.6 Å². The van der Waals surface area contributed by atoms with E-state index in [1.54, 1.807) is 11.3 Å². The Balaban J connectivity index is 1.62. The van der Waals surface area contributed by atoms with Crippen molar-refractivity contribution in [3.63, 3.8) is 0 Å². The number of aromatic nitrogens is 1. The molecule has 1 aliphatic rings. The highest BCUT2D eigenvalue weighted by Crippen LogP contribution is 2.09. The second-order valence-electron chi connectivity index (χ2n) is 3.01. The van der Waals surface area contributed by atoms with Crippen LogP contribution in [0.2, 0.25) is 0 Å². The lowest BCUT2D eigenvalue weighted by atomic mass is 10.1. The highest BCUT2D eigenvalue weighted by Gasteiger charge is 2.16. The molecule has 1 aromatic heterocycles. The molecule has 0 amide bonds. The van der Waals surface area contributed by atoms with E-state index in [1.807, 2.05) is 11.7 Å². The van der Waals surface area contributed by atoms with E-state index in [2.05, 4.69) is 10.3 Å². The lowest BCUT2D eigenvalue weighted by Crippen LogP contribution is -2.44. The Morgan fingerprint density at radius 1 is 1.67 bits per heavy atom. The fraction of sp³-hybridized carbons (Fsp3) is 0.625. The quantitative estimate of drug-likeness (QED) is 0.754. The van der Waals surface area contributed by atoms with Gasteiger partial charge in [-0.05, 0) is 0 Å². The van der Waals surface area contributed by atoms with Gasteiger partial charge in [-0.25, -0.2) is 0 Å². The third kappa shape index (κ3) is 2.03. The third-order valence-corrected chi connectivity index (χ3v) is 2.70. The van der Waals surface area contributed by atoms with Crippen LogP contribution in [0.25, 0.3) is 0 Å². The van der Waals surface area contributed by atoms with Crippen LogP contribution in [0, 0.1) is 5.92 Å². The molecule has 0 saturated carbocycles. The van der Waals surface area contributed by atoms with Gasteiger partial charge < -0.3 is 10.1 Å². The van der Waals surface area contributed by atoms with Crippen LogP contribution in [0.4, 0.5) is 0 Å². The zero-order valence-electron chi connectivity index (χ0n) is 6.82. The van der Waals surface area contributed by atoms with E-state index >= 15 is 0 Å². The molecule has 0 bridgehead atoms. The number of hydrogen-bond acceptors (Lipinski definition) is 4. The van der Waals surface area contributed by atoms with Crippen LogP contribution in [0.15, 0.2) is 11.7 Å². The Morgan fingerprint density at radius 2 is 2.58 bits per heavy atom. The predicted molar refractivity (Wildman–Crippen MR) is 48.1 cm³/mol. The average molecular weight is 184 g/mol. The average Bonchev–Trinajstić information content (AvgIpc) is 2.46. The molecule has 0 unspecified atom stereocenters. The van der Waals surface area contributed by atoms with Crippen molar-refractivity contribution in [1.29, 1.82) is 0 Å². The molecule has 3 nitrogen and oxygen atoms in total. The lowest BCUT2D eigenvalue weighted by Gasteiger charge is -2.26. The van der Waals surface area contributed by atoms with Crippen LogP contribution >= 0.6 is 11.3 Å². The highest BCUT2D eigenvalue weighted by molar-refractivity contribution is 7.09. The SMILES string of the molecule is c1ncc(COCC2CNC2)s1. The number of nitrogens with zero attached hydrogens (tertiary/aromatic N) is 1. The Hall–Kier alpha value is -0.450. The minimum atomic E-state index is 0.723. The first-order chi connectivity index (χ1) is 5.95. The summed E-state index contributed by atoms with van der Waals surface area (Å²) in [4.78, 5) is 5.19. The molecule has 0 atom stereocenters. The molecule has 2 heterocycles. The molecule has 66 valence electrons. The number of rotatable bonds is 4. The second-order valence-corrected chi connectivity index (χ2v) is 3.98. The smallest absolute Gasteiger partial charge is 0.0825 e. The van der Waals surface area contributed by atoms with Gasteiger partial charge in [-0.1, -0.05) is 0 Å². The largest absolute Gasteiger partial charge is 0.375 e. The predicted octanol–water partition coefficient (Wildman–Crippen LogP) is 0.879. The topological polar surface area (TPSA) is 34.1 Å². The van der Waals surface area contributed by atoms with Gasteiger partial charge in [0.2, 0.25) is 0 Å². The molecule has 0 aliphatic carbocycles. The number of thiazole rings is 1. The molecule has 4 heteroatoms. The molecule has 0 spiro atoms. The van der Waals surface area contributed by atoms with Crippen LogP contribution in [-0.4, -0.2) is 24.7 Å².